The predicted octanol–water partition coefficient (Wildman–Crippen LogP) is 18.2. The van der Waals surface area contributed by atoms with Gasteiger partial charge in [0.05, 0.1) is 0 Å². The zero-order chi connectivity index (χ0) is 41.4. The summed E-state index contributed by atoms with van der Waals surface area (Å²) in [7, 11) is 0. The summed E-state index contributed by atoms with van der Waals surface area (Å²) in [5, 5.41) is 27.1. The summed E-state index contributed by atoms with van der Waals surface area (Å²) >= 11 is 0. The minimum atomic E-state index is 1.24. The average Bonchev–Trinajstić information content (AvgIpc) is 4.00. The van der Waals surface area contributed by atoms with Gasteiger partial charge >= 0.3 is 0 Å². The number of rotatable bonds is 3. The molecule has 0 N–H and O–H groups in total. The third-order valence-electron chi connectivity index (χ3n) is 15.2. The van der Waals surface area contributed by atoms with Crippen LogP contribution >= 0.6 is 0 Å². The Kier molecular flexibility index (Phi) is 6.13. The first-order chi connectivity index (χ1) is 31.8. The van der Waals surface area contributed by atoms with E-state index in [2.05, 4.69) is 206 Å². The molecule has 0 saturated carbocycles. The highest BCUT2D eigenvalue weighted by Gasteiger charge is 2.29. The van der Waals surface area contributed by atoms with E-state index in [4.69, 9.17) is 0 Å². The van der Waals surface area contributed by atoms with Crippen LogP contribution in [0.25, 0.3) is 163 Å². The highest BCUT2D eigenvalue weighted by molar-refractivity contribution is 6.52. The Balaban J connectivity index is 1.02. The third kappa shape index (κ3) is 3.97. The van der Waals surface area contributed by atoms with Crippen molar-refractivity contribution >= 4 is 108 Å². The molecule has 1 aliphatic rings. The maximum Gasteiger partial charge on any atom is -0.000696 e. The van der Waals surface area contributed by atoms with Gasteiger partial charge in [0.1, 0.15) is 0 Å². The molecule has 16 rings (SSSR count). The number of benzene rings is 13. The topological polar surface area (TPSA) is 0 Å². The first-order valence-electron chi connectivity index (χ1n) is 22.5. The van der Waals surface area contributed by atoms with Gasteiger partial charge in [-0.2, -0.15) is 0 Å². The molecule has 0 fully saturated rings. The first-order valence-corrected chi connectivity index (χ1v) is 22.5. The molecule has 0 nitrogen and oxygen atoms in total. The van der Waals surface area contributed by atoms with Gasteiger partial charge in [0.2, 0.25) is 0 Å². The molecule has 0 spiro atoms. The Morgan fingerprint density at radius 3 is 1.33 bits per heavy atom. The smallest absolute Gasteiger partial charge is 0.000696 e. The van der Waals surface area contributed by atoms with Gasteiger partial charge in [0.15, 0.2) is 0 Å². The Morgan fingerprint density at radius 1 is 0.172 bits per heavy atom. The van der Waals surface area contributed by atoms with Crippen molar-refractivity contribution in [3.8, 4) is 55.6 Å². The summed E-state index contributed by atoms with van der Waals surface area (Å²) in [6.07, 6.45) is 0. The summed E-state index contributed by atoms with van der Waals surface area (Å²) < 4.78 is 0. The second kappa shape index (κ2) is 11.8. The van der Waals surface area contributed by atoms with Crippen molar-refractivity contribution in [2.24, 2.45) is 0 Å². The molecule has 15 aromatic carbocycles. The molecule has 0 amide bonds. The second-order valence-corrected chi connectivity index (χ2v) is 18.1. The molecule has 1 aliphatic carbocycles. The molecule has 0 atom stereocenters. The lowest BCUT2D eigenvalue weighted by Crippen LogP contribution is -1.88. The molecule has 0 aliphatic heterocycles. The fourth-order valence-corrected chi connectivity index (χ4v) is 12.8. The molecule has 0 bridgehead atoms. The minimum absolute atomic E-state index is 1.24. The van der Waals surface area contributed by atoms with Gasteiger partial charge in [-0.3, -0.25) is 0 Å². The summed E-state index contributed by atoms with van der Waals surface area (Å²) in [5.74, 6) is 0. The molecular formula is C64H34. The van der Waals surface area contributed by atoms with Crippen LogP contribution in [0.2, 0.25) is 0 Å². The van der Waals surface area contributed by atoms with Crippen LogP contribution < -0.4 is 0 Å². The van der Waals surface area contributed by atoms with Crippen LogP contribution in [-0.4, -0.2) is 0 Å². The van der Waals surface area contributed by atoms with E-state index in [1.807, 2.05) is 0 Å². The minimum Gasteiger partial charge on any atom is -0.0622 e. The normalized spacial score (nSPS) is 12.7. The molecule has 0 radical (unpaired) electrons. The van der Waals surface area contributed by atoms with Gasteiger partial charge in [0.25, 0.3) is 0 Å². The monoisotopic (exact) mass is 802 g/mol. The van der Waals surface area contributed by atoms with Crippen LogP contribution in [-0.2, 0) is 0 Å². The molecular weight excluding hydrogens is 769 g/mol. The Bertz CT molecular complexity index is 4480. The van der Waals surface area contributed by atoms with Crippen molar-refractivity contribution < 1.29 is 0 Å². The number of hydrogen-bond donors (Lipinski definition) is 0. The number of fused-ring (bicyclic) bond motifs is 14. The zero-order valence-electron chi connectivity index (χ0n) is 34.6. The van der Waals surface area contributed by atoms with Crippen LogP contribution in [0.4, 0.5) is 0 Å². The molecule has 64 heavy (non-hydrogen) atoms. The second-order valence-electron chi connectivity index (χ2n) is 18.1. The molecule has 0 aromatic heterocycles. The van der Waals surface area contributed by atoms with E-state index in [0.29, 0.717) is 0 Å². The maximum atomic E-state index is 2.48. The Morgan fingerprint density at radius 2 is 0.609 bits per heavy atom. The number of hydrogen-bond acceptors (Lipinski definition) is 0. The van der Waals surface area contributed by atoms with E-state index in [9.17, 15) is 0 Å². The molecule has 0 heteroatoms. The summed E-state index contributed by atoms with van der Waals surface area (Å²) in [6, 6.07) is 78.0. The van der Waals surface area contributed by atoms with Gasteiger partial charge in [-0.05, 0) is 175 Å². The Labute approximate surface area is 367 Å². The highest BCUT2D eigenvalue weighted by Crippen LogP contribution is 2.58. The van der Waals surface area contributed by atoms with E-state index in [1.54, 1.807) is 0 Å². The summed E-state index contributed by atoms with van der Waals surface area (Å²) in [5.41, 5.74) is 12.9. The van der Waals surface area contributed by atoms with Gasteiger partial charge < -0.3 is 0 Å². The SMILES string of the molecule is c1ccc(-c2ccccc2-c2ccc3c(c2)-c2ccc4c5ccc6c7c(ccc(c8ccc-3c2c84)c57)c2c(-c3ccccc3)c3cc4ccccc4c4c5ccccc5c(c62)c34)cc1. The molecule has 290 valence electrons. The van der Waals surface area contributed by atoms with Crippen LogP contribution in [0.3, 0.4) is 0 Å². The Hall–Kier alpha value is -8.32. The average molecular weight is 803 g/mol. The lowest BCUT2D eigenvalue weighted by atomic mass is 9.87. The quantitative estimate of drug-likeness (QED) is 0.123. The van der Waals surface area contributed by atoms with Crippen molar-refractivity contribution in [3.63, 3.8) is 0 Å². The fraction of sp³-hybridized carbons (Fsp3) is 0. The maximum absolute atomic E-state index is 2.48. The van der Waals surface area contributed by atoms with Crippen LogP contribution in [0.1, 0.15) is 0 Å². The van der Waals surface area contributed by atoms with Crippen molar-refractivity contribution in [2.75, 3.05) is 0 Å². The van der Waals surface area contributed by atoms with Gasteiger partial charge in [-0.1, -0.05) is 194 Å². The molecule has 15 aromatic rings. The first kappa shape index (κ1) is 33.3. The predicted molar refractivity (Wildman–Crippen MR) is 276 cm³/mol. The van der Waals surface area contributed by atoms with E-state index in [1.165, 1.54) is 163 Å². The van der Waals surface area contributed by atoms with Gasteiger partial charge in [-0.25, -0.2) is 0 Å². The lowest BCUT2D eigenvalue weighted by molar-refractivity contribution is 1.58. The highest BCUT2D eigenvalue weighted by atomic mass is 14.3. The van der Waals surface area contributed by atoms with Crippen LogP contribution in [0.15, 0.2) is 206 Å². The lowest BCUT2D eigenvalue weighted by Gasteiger charge is -2.16. The van der Waals surface area contributed by atoms with Crippen molar-refractivity contribution in [2.45, 2.75) is 0 Å². The molecule has 0 unspecified atom stereocenters. The van der Waals surface area contributed by atoms with Crippen molar-refractivity contribution in [1.82, 2.24) is 0 Å². The summed E-state index contributed by atoms with van der Waals surface area (Å²) in [4.78, 5) is 0. The van der Waals surface area contributed by atoms with E-state index < -0.39 is 0 Å². The zero-order valence-corrected chi connectivity index (χ0v) is 34.6. The third-order valence-corrected chi connectivity index (χ3v) is 15.2. The molecule has 0 saturated heterocycles. The van der Waals surface area contributed by atoms with Crippen LogP contribution in [0, 0.1) is 0 Å². The fourth-order valence-electron chi connectivity index (χ4n) is 12.8. The summed E-state index contributed by atoms with van der Waals surface area (Å²) in [6.45, 7) is 0. The largest absolute Gasteiger partial charge is 0.0622 e. The van der Waals surface area contributed by atoms with Gasteiger partial charge in [-0.15, -0.1) is 0 Å². The molecule has 0 heterocycles. The van der Waals surface area contributed by atoms with E-state index >= 15 is 0 Å². The van der Waals surface area contributed by atoms with Crippen LogP contribution in [0.5, 0.6) is 0 Å². The van der Waals surface area contributed by atoms with E-state index in [0.717, 1.165) is 0 Å². The van der Waals surface area contributed by atoms with Crippen molar-refractivity contribution in [1.29, 1.82) is 0 Å². The standard InChI is InChI=1S/C64H34/c1-3-13-35(14-4-1)39-18-9-10-19-40(39)38-23-24-42-45-25-26-46-48-29-31-51-60-52(32-30-49(59(48)60)47-27-28-50(53(42)33-38)57(45)58(46)47)63-61-44-22-12-11-21-43(44)56-41-20-8-7-17-37(41)34-54(64(56)61)55(62(51)63)36-15-5-2-6-16-36/h1-34H. The van der Waals surface area contributed by atoms with E-state index in [-0.39, 0.29) is 0 Å². The van der Waals surface area contributed by atoms with Crippen molar-refractivity contribution in [3.05, 3.63) is 206 Å². The van der Waals surface area contributed by atoms with Gasteiger partial charge in [0, 0.05) is 0 Å².